The second-order valence-electron chi connectivity index (χ2n) is 2.55. The Morgan fingerprint density at radius 1 is 1.92 bits per heavy atom. The van der Waals surface area contributed by atoms with Crippen LogP contribution in [0.1, 0.15) is 12.6 Å². The van der Waals surface area contributed by atoms with E-state index in [4.69, 9.17) is 5.11 Å². The van der Waals surface area contributed by atoms with Crippen LogP contribution in [-0.2, 0) is 6.42 Å². The van der Waals surface area contributed by atoms with E-state index in [2.05, 4.69) is 10.2 Å². The molecular weight excluding hydrogens is 162 g/mol. The molecule has 0 radical (unpaired) electrons. The lowest BCUT2D eigenvalue weighted by molar-refractivity contribution is -0.389. The molecule has 6 nitrogen and oxygen atoms in total. The van der Waals surface area contributed by atoms with Crippen molar-refractivity contribution < 1.29 is 10.0 Å². The van der Waals surface area contributed by atoms with E-state index in [0.717, 1.165) is 0 Å². The first-order valence-electron chi connectivity index (χ1n) is 3.46. The number of nitrogens with one attached hydrogen (secondary N) is 1. The lowest BCUT2D eigenvalue weighted by atomic mass is 10.2. The molecule has 1 aromatic rings. The first-order valence-corrected chi connectivity index (χ1v) is 3.46. The summed E-state index contributed by atoms with van der Waals surface area (Å²) in [5.74, 6) is -0.148. The quantitative estimate of drug-likeness (QED) is 0.503. The molecule has 66 valence electrons. The zero-order valence-electron chi connectivity index (χ0n) is 6.52. The molecule has 0 spiro atoms. The Kier molecular flexibility index (Phi) is 2.39. The maximum absolute atomic E-state index is 10.2. The number of hydrogen-bond acceptors (Lipinski definition) is 4. The number of aromatic amines is 1. The minimum atomic E-state index is -0.557. The van der Waals surface area contributed by atoms with Gasteiger partial charge >= 0.3 is 5.82 Å². The normalized spacial score (nSPS) is 12.8. The number of aliphatic hydroxyl groups is 1. The molecule has 0 saturated carbocycles. The number of aromatic nitrogens is 2. The molecule has 0 saturated heterocycles. The van der Waals surface area contributed by atoms with Gasteiger partial charge in [-0.1, -0.05) is 5.10 Å². The van der Waals surface area contributed by atoms with Crippen molar-refractivity contribution in [2.24, 2.45) is 0 Å². The average Bonchev–Trinajstić information content (AvgIpc) is 2.34. The third-order valence-corrected chi connectivity index (χ3v) is 1.32. The fourth-order valence-electron chi connectivity index (χ4n) is 0.852. The predicted octanol–water partition coefficient (Wildman–Crippen LogP) is 0.241. The molecule has 1 rings (SSSR count). The highest BCUT2D eigenvalue weighted by atomic mass is 16.6. The van der Waals surface area contributed by atoms with E-state index in [1.165, 1.54) is 6.07 Å². The second kappa shape index (κ2) is 3.31. The highest BCUT2D eigenvalue weighted by molar-refractivity contribution is 5.20. The predicted molar refractivity (Wildman–Crippen MR) is 40.6 cm³/mol. The number of H-pyrrole nitrogens is 1. The van der Waals surface area contributed by atoms with Gasteiger partial charge < -0.3 is 15.2 Å². The summed E-state index contributed by atoms with van der Waals surface area (Å²) < 4.78 is 0. The first-order chi connectivity index (χ1) is 5.59. The van der Waals surface area contributed by atoms with Gasteiger partial charge in [-0.3, -0.25) is 0 Å². The maximum Gasteiger partial charge on any atom is 0.342 e. The molecule has 6 heteroatoms. The van der Waals surface area contributed by atoms with E-state index < -0.39 is 11.0 Å². The summed E-state index contributed by atoms with van der Waals surface area (Å²) in [7, 11) is 0. The molecule has 0 aromatic carbocycles. The Bertz CT molecular complexity index is 281. The van der Waals surface area contributed by atoms with E-state index >= 15 is 0 Å². The summed E-state index contributed by atoms with van der Waals surface area (Å²) in [4.78, 5) is 9.61. The van der Waals surface area contributed by atoms with Crippen LogP contribution in [0.2, 0.25) is 0 Å². The summed E-state index contributed by atoms with van der Waals surface area (Å²) in [5, 5.41) is 25.0. The number of nitrogens with zero attached hydrogens (tertiary/aromatic N) is 2. The standard InChI is InChI=1S/C6H9N3O3/c1-4(10)2-5-3-6(8-7-5)9(11)12/h3-4,10H,2H2,1H3,(H,7,8)/t4-/m0/s1. The van der Waals surface area contributed by atoms with E-state index in [-0.39, 0.29) is 5.82 Å². The Morgan fingerprint density at radius 2 is 2.58 bits per heavy atom. The van der Waals surface area contributed by atoms with Crippen LogP contribution < -0.4 is 0 Å². The van der Waals surface area contributed by atoms with Gasteiger partial charge in [0.05, 0.1) is 17.9 Å². The number of aliphatic hydroxyl groups excluding tert-OH is 1. The number of rotatable bonds is 3. The molecule has 0 aliphatic rings. The van der Waals surface area contributed by atoms with Crippen molar-refractivity contribution in [3.8, 4) is 0 Å². The van der Waals surface area contributed by atoms with Crippen LogP contribution >= 0.6 is 0 Å². The lowest BCUT2D eigenvalue weighted by Crippen LogP contribution is -2.04. The second-order valence-corrected chi connectivity index (χ2v) is 2.55. The Hall–Kier alpha value is -1.43. The van der Waals surface area contributed by atoms with Crippen molar-refractivity contribution in [1.82, 2.24) is 10.2 Å². The molecule has 0 amide bonds. The zero-order chi connectivity index (χ0) is 9.14. The molecule has 0 unspecified atom stereocenters. The van der Waals surface area contributed by atoms with Crippen LogP contribution in [0, 0.1) is 10.1 Å². The third-order valence-electron chi connectivity index (χ3n) is 1.32. The van der Waals surface area contributed by atoms with Crippen molar-refractivity contribution in [2.45, 2.75) is 19.4 Å². The van der Waals surface area contributed by atoms with Crippen molar-refractivity contribution in [1.29, 1.82) is 0 Å². The summed E-state index contributed by atoms with van der Waals surface area (Å²) in [6, 6.07) is 1.31. The van der Waals surface area contributed by atoms with Crippen molar-refractivity contribution in [2.75, 3.05) is 0 Å². The van der Waals surface area contributed by atoms with E-state index in [0.29, 0.717) is 12.1 Å². The molecular formula is C6H9N3O3. The van der Waals surface area contributed by atoms with E-state index in [1.807, 2.05) is 0 Å². The van der Waals surface area contributed by atoms with Gasteiger partial charge in [-0.05, 0) is 11.8 Å². The number of nitro groups is 1. The Balaban J connectivity index is 2.71. The topological polar surface area (TPSA) is 92.0 Å². The minimum absolute atomic E-state index is 0.148. The first kappa shape index (κ1) is 8.66. The monoisotopic (exact) mass is 171 g/mol. The van der Waals surface area contributed by atoms with Gasteiger partial charge in [-0.2, -0.15) is 0 Å². The van der Waals surface area contributed by atoms with Gasteiger partial charge in [0.1, 0.15) is 0 Å². The summed E-state index contributed by atoms with van der Waals surface area (Å²) in [6.45, 7) is 1.60. The Labute approximate surface area is 68.4 Å². The molecule has 0 aliphatic heterocycles. The van der Waals surface area contributed by atoms with Crippen molar-refractivity contribution in [3.63, 3.8) is 0 Å². The molecule has 1 aromatic heterocycles. The van der Waals surface area contributed by atoms with Gasteiger partial charge in [-0.25, -0.2) is 0 Å². The molecule has 0 aliphatic carbocycles. The van der Waals surface area contributed by atoms with E-state index in [1.54, 1.807) is 6.92 Å². The van der Waals surface area contributed by atoms with Crippen molar-refractivity contribution >= 4 is 5.82 Å². The highest BCUT2D eigenvalue weighted by Gasteiger charge is 2.10. The van der Waals surface area contributed by atoms with Crippen LogP contribution in [-0.4, -0.2) is 26.3 Å². The van der Waals surface area contributed by atoms with Gasteiger partial charge in [0, 0.05) is 6.42 Å². The van der Waals surface area contributed by atoms with Crippen LogP contribution in [0.25, 0.3) is 0 Å². The SMILES string of the molecule is C[C@H](O)Cc1cc([N+](=O)[O-])[nH]n1. The lowest BCUT2D eigenvalue weighted by Gasteiger charge is -1.96. The van der Waals surface area contributed by atoms with Gasteiger partial charge in [-0.15, -0.1) is 5.10 Å². The summed E-state index contributed by atoms with van der Waals surface area (Å²) in [5.41, 5.74) is 0.497. The van der Waals surface area contributed by atoms with Crippen LogP contribution in [0.4, 0.5) is 5.82 Å². The van der Waals surface area contributed by atoms with Crippen LogP contribution in [0.15, 0.2) is 6.07 Å². The summed E-state index contributed by atoms with van der Waals surface area (Å²) in [6.07, 6.45) is -0.211. The maximum atomic E-state index is 10.2. The minimum Gasteiger partial charge on any atom is -0.393 e. The van der Waals surface area contributed by atoms with Gasteiger partial charge in [0.2, 0.25) is 0 Å². The molecule has 0 fully saturated rings. The third kappa shape index (κ3) is 2.03. The van der Waals surface area contributed by atoms with Gasteiger partial charge in [0.15, 0.2) is 0 Å². The highest BCUT2D eigenvalue weighted by Crippen LogP contribution is 2.09. The van der Waals surface area contributed by atoms with E-state index in [9.17, 15) is 10.1 Å². The number of hydrogen-bond donors (Lipinski definition) is 2. The fourth-order valence-corrected chi connectivity index (χ4v) is 0.852. The molecule has 12 heavy (non-hydrogen) atoms. The van der Waals surface area contributed by atoms with Gasteiger partial charge in [0.25, 0.3) is 0 Å². The molecule has 1 heterocycles. The largest absolute Gasteiger partial charge is 0.393 e. The average molecular weight is 171 g/mol. The van der Waals surface area contributed by atoms with Crippen LogP contribution in [0.3, 0.4) is 0 Å². The smallest absolute Gasteiger partial charge is 0.342 e. The summed E-state index contributed by atoms with van der Waals surface area (Å²) >= 11 is 0. The zero-order valence-corrected chi connectivity index (χ0v) is 6.52. The fraction of sp³-hybridized carbons (Fsp3) is 0.500. The molecule has 2 N–H and O–H groups in total. The molecule has 0 bridgehead atoms. The van der Waals surface area contributed by atoms with Crippen molar-refractivity contribution in [3.05, 3.63) is 21.9 Å². The van der Waals surface area contributed by atoms with Crippen LogP contribution in [0.5, 0.6) is 0 Å². The molecule has 1 atom stereocenters. The Morgan fingerprint density at radius 3 is 3.00 bits per heavy atom.